The van der Waals surface area contributed by atoms with Gasteiger partial charge in [0.15, 0.2) is 10.7 Å². The molecule has 2 fully saturated rings. The zero-order chi connectivity index (χ0) is 24.0. The number of anilines is 2. The number of sulfonamides is 1. The molecule has 1 aromatic carbocycles. The first-order valence-electron chi connectivity index (χ1n) is 10.8. The predicted molar refractivity (Wildman–Crippen MR) is 122 cm³/mol. The van der Waals surface area contributed by atoms with Crippen molar-refractivity contribution in [1.29, 1.82) is 0 Å². The fourth-order valence-corrected chi connectivity index (χ4v) is 6.58. The molecular formula is C22H26ClF3N4O2S. The molecule has 0 saturated carbocycles. The van der Waals surface area contributed by atoms with Gasteiger partial charge in [0.05, 0.1) is 5.69 Å². The van der Waals surface area contributed by atoms with Gasteiger partial charge in [0.2, 0.25) is 5.95 Å². The summed E-state index contributed by atoms with van der Waals surface area (Å²) in [5.74, 6) is -4.01. The monoisotopic (exact) mass is 502 g/mol. The maximum Gasteiger partial charge on any atom is 0.268 e. The Bertz CT molecular complexity index is 1170. The summed E-state index contributed by atoms with van der Waals surface area (Å²) in [7, 11) is -2.64. The van der Waals surface area contributed by atoms with Crippen LogP contribution < -0.4 is 9.62 Å². The molecule has 0 bridgehead atoms. The van der Waals surface area contributed by atoms with Crippen LogP contribution in [0.15, 0.2) is 29.2 Å². The fourth-order valence-electron chi connectivity index (χ4n) is 5.11. The van der Waals surface area contributed by atoms with Gasteiger partial charge in [-0.1, -0.05) is 31.0 Å². The van der Waals surface area contributed by atoms with E-state index in [2.05, 4.69) is 23.9 Å². The minimum absolute atomic E-state index is 0.0825. The standard InChI is InChI=1S/C22H26ClF3N4O2S/c1-22(16-6-3-4-10-29(16)2)9-11-30(13-22)15-12-14(24)21(20(26)19(15)23)33(31,32)28-18-8-5-7-17(25)27-18/h5,7-8,12,16H,3-4,6,9-11,13H2,1-2H3,(H,27,28). The Morgan fingerprint density at radius 2 is 1.97 bits per heavy atom. The number of rotatable bonds is 5. The highest BCUT2D eigenvalue weighted by Crippen LogP contribution is 2.44. The Balaban J connectivity index is 1.62. The summed E-state index contributed by atoms with van der Waals surface area (Å²) in [4.78, 5) is 6.30. The van der Waals surface area contributed by atoms with Crippen molar-refractivity contribution in [1.82, 2.24) is 9.88 Å². The van der Waals surface area contributed by atoms with Crippen LogP contribution in [0, 0.1) is 23.0 Å². The third-order valence-corrected chi connectivity index (χ3v) is 8.49. The number of likely N-dealkylation sites (tertiary alicyclic amines) is 1. The molecule has 2 saturated heterocycles. The molecule has 4 rings (SSSR count). The van der Waals surface area contributed by atoms with E-state index in [1.165, 1.54) is 12.1 Å². The lowest BCUT2D eigenvalue weighted by Crippen LogP contribution is -2.48. The third-order valence-electron chi connectivity index (χ3n) is 6.74. The second kappa shape index (κ2) is 8.96. The first-order valence-corrected chi connectivity index (χ1v) is 12.7. The SMILES string of the molecule is CN1CCCCC1C1(C)CCN(c2cc(F)c(S(=O)(=O)Nc3cccc(F)n3)c(F)c2Cl)C1. The molecule has 11 heteroatoms. The van der Waals surface area contributed by atoms with Gasteiger partial charge >= 0.3 is 0 Å². The molecular weight excluding hydrogens is 477 g/mol. The molecule has 0 aliphatic carbocycles. The summed E-state index contributed by atoms with van der Waals surface area (Å²) < 4.78 is 70.6. The van der Waals surface area contributed by atoms with Crippen LogP contribution in [-0.4, -0.2) is 51.0 Å². The highest BCUT2D eigenvalue weighted by atomic mass is 35.5. The van der Waals surface area contributed by atoms with Gasteiger partial charge in [-0.05, 0) is 45.0 Å². The number of nitrogens with one attached hydrogen (secondary N) is 1. The first kappa shape index (κ1) is 24.1. The number of aromatic nitrogens is 1. The van der Waals surface area contributed by atoms with Crippen molar-refractivity contribution in [3.63, 3.8) is 0 Å². The van der Waals surface area contributed by atoms with Gasteiger partial charge in [-0.3, -0.25) is 4.72 Å². The van der Waals surface area contributed by atoms with Crippen LogP contribution in [0.5, 0.6) is 0 Å². The second-order valence-electron chi connectivity index (χ2n) is 9.10. The van der Waals surface area contributed by atoms with E-state index >= 15 is 4.39 Å². The third kappa shape index (κ3) is 4.65. The van der Waals surface area contributed by atoms with Crippen molar-refractivity contribution in [3.05, 3.63) is 46.9 Å². The number of nitrogens with zero attached hydrogens (tertiary/aromatic N) is 3. The van der Waals surface area contributed by atoms with Crippen LogP contribution in [-0.2, 0) is 10.0 Å². The molecule has 1 N–H and O–H groups in total. The minimum atomic E-state index is -4.74. The van der Waals surface area contributed by atoms with Crippen LogP contribution in [0.25, 0.3) is 0 Å². The molecule has 0 radical (unpaired) electrons. The van der Waals surface area contributed by atoms with E-state index in [1.54, 1.807) is 0 Å². The molecule has 6 nitrogen and oxygen atoms in total. The van der Waals surface area contributed by atoms with E-state index in [0.29, 0.717) is 19.1 Å². The van der Waals surface area contributed by atoms with Crippen molar-refractivity contribution in [3.8, 4) is 0 Å². The Morgan fingerprint density at radius 1 is 1.21 bits per heavy atom. The summed E-state index contributed by atoms with van der Waals surface area (Å²) in [5.41, 5.74) is 0.0394. The molecule has 2 atom stereocenters. The maximum absolute atomic E-state index is 15.1. The van der Waals surface area contributed by atoms with Crippen molar-refractivity contribution in [2.45, 2.75) is 43.5 Å². The molecule has 2 aromatic rings. The Labute approximate surface area is 196 Å². The Hall–Kier alpha value is -2.04. The molecule has 3 heterocycles. The smallest absolute Gasteiger partial charge is 0.268 e. The maximum atomic E-state index is 15.1. The highest BCUT2D eigenvalue weighted by molar-refractivity contribution is 7.92. The quantitative estimate of drug-likeness (QED) is 0.476. The van der Waals surface area contributed by atoms with E-state index in [-0.39, 0.29) is 11.1 Å². The molecule has 0 amide bonds. The van der Waals surface area contributed by atoms with Gasteiger partial charge in [-0.15, -0.1) is 0 Å². The Morgan fingerprint density at radius 3 is 2.67 bits per heavy atom. The molecule has 2 aliphatic rings. The van der Waals surface area contributed by atoms with E-state index in [0.717, 1.165) is 44.4 Å². The topological polar surface area (TPSA) is 65.5 Å². The van der Waals surface area contributed by atoms with E-state index < -0.39 is 43.3 Å². The number of hydrogen-bond donors (Lipinski definition) is 1. The van der Waals surface area contributed by atoms with Crippen molar-refractivity contribution in [2.75, 3.05) is 36.3 Å². The second-order valence-corrected chi connectivity index (χ2v) is 11.1. The number of hydrogen-bond acceptors (Lipinski definition) is 5. The number of piperidine rings is 1. The zero-order valence-electron chi connectivity index (χ0n) is 18.4. The van der Waals surface area contributed by atoms with Gasteiger partial charge < -0.3 is 9.80 Å². The fraction of sp³-hybridized carbons (Fsp3) is 0.500. The Kier molecular flexibility index (Phi) is 6.54. The van der Waals surface area contributed by atoms with Crippen LogP contribution >= 0.6 is 11.6 Å². The molecule has 0 spiro atoms. The van der Waals surface area contributed by atoms with E-state index in [1.807, 2.05) is 9.62 Å². The van der Waals surface area contributed by atoms with Crippen LogP contribution in [0.1, 0.15) is 32.6 Å². The van der Waals surface area contributed by atoms with Gasteiger partial charge in [0.25, 0.3) is 10.0 Å². The van der Waals surface area contributed by atoms with Gasteiger partial charge in [0, 0.05) is 30.6 Å². The summed E-state index contributed by atoms with van der Waals surface area (Å²) >= 11 is 6.23. The lowest BCUT2D eigenvalue weighted by molar-refractivity contribution is 0.0778. The molecule has 1 aromatic heterocycles. The minimum Gasteiger partial charge on any atom is -0.370 e. The van der Waals surface area contributed by atoms with Crippen molar-refractivity contribution >= 4 is 33.1 Å². The van der Waals surface area contributed by atoms with E-state index in [9.17, 15) is 17.2 Å². The summed E-state index contributed by atoms with van der Waals surface area (Å²) in [5, 5.41) is -0.467. The summed E-state index contributed by atoms with van der Waals surface area (Å²) in [6, 6.07) is 4.71. The van der Waals surface area contributed by atoms with E-state index in [4.69, 9.17) is 11.6 Å². The van der Waals surface area contributed by atoms with Crippen molar-refractivity contribution < 1.29 is 21.6 Å². The molecule has 2 aliphatic heterocycles. The van der Waals surface area contributed by atoms with Crippen LogP contribution in [0.4, 0.5) is 24.7 Å². The highest BCUT2D eigenvalue weighted by Gasteiger charge is 2.44. The molecule has 2 unspecified atom stereocenters. The average Bonchev–Trinajstić information content (AvgIpc) is 3.13. The largest absolute Gasteiger partial charge is 0.370 e. The number of benzene rings is 1. The predicted octanol–water partition coefficient (Wildman–Crippen LogP) is 4.65. The van der Waals surface area contributed by atoms with Gasteiger partial charge in [-0.25, -0.2) is 22.2 Å². The lowest BCUT2D eigenvalue weighted by Gasteiger charge is -2.43. The van der Waals surface area contributed by atoms with Crippen LogP contribution in [0.3, 0.4) is 0 Å². The average molecular weight is 503 g/mol. The summed E-state index contributed by atoms with van der Waals surface area (Å²) in [6.07, 6.45) is 4.20. The number of pyridine rings is 1. The van der Waals surface area contributed by atoms with Gasteiger partial charge in [-0.2, -0.15) is 4.39 Å². The number of halogens is 4. The van der Waals surface area contributed by atoms with Crippen molar-refractivity contribution in [2.24, 2.45) is 5.41 Å². The summed E-state index contributed by atoms with van der Waals surface area (Å²) in [6.45, 7) is 4.30. The molecule has 33 heavy (non-hydrogen) atoms. The first-order chi connectivity index (χ1) is 15.5. The lowest BCUT2D eigenvalue weighted by atomic mass is 9.77. The van der Waals surface area contributed by atoms with Crippen LogP contribution in [0.2, 0.25) is 5.02 Å². The molecule has 180 valence electrons. The van der Waals surface area contributed by atoms with Gasteiger partial charge in [0.1, 0.15) is 16.7 Å². The zero-order valence-corrected chi connectivity index (χ0v) is 20.0. The normalized spacial score (nSPS) is 24.3.